The van der Waals surface area contributed by atoms with Gasteiger partial charge in [-0.2, -0.15) is 0 Å². The minimum Gasteiger partial charge on any atom is -0.396 e. The Morgan fingerprint density at radius 2 is 1.95 bits per heavy atom. The van der Waals surface area contributed by atoms with Crippen molar-refractivity contribution < 1.29 is 9.50 Å². The summed E-state index contributed by atoms with van der Waals surface area (Å²) in [6.07, 6.45) is 0.647. The Morgan fingerprint density at radius 3 is 2.45 bits per heavy atom. The standard InChI is InChI=1S/C16H27FN2O/c1-12(2)18-11-14-6-7-16(15(17)10-14)19(13(3)4)8-5-9-20/h6-7,10,12-13,18,20H,5,8-9,11H2,1-4H3. The van der Waals surface area contributed by atoms with Crippen molar-refractivity contribution in [1.29, 1.82) is 0 Å². The first-order valence-electron chi connectivity index (χ1n) is 7.35. The van der Waals surface area contributed by atoms with E-state index in [9.17, 15) is 4.39 Å². The molecule has 0 aliphatic heterocycles. The van der Waals surface area contributed by atoms with Crippen LogP contribution in [-0.2, 0) is 6.54 Å². The Labute approximate surface area is 121 Å². The van der Waals surface area contributed by atoms with E-state index in [4.69, 9.17) is 5.11 Å². The average Bonchev–Trinajstić information content (AvgIpc) is 2.38. The van der Waals surface area contributed by atoms with Crippen LogP contribution in [0.3, 0.4) is 0 Å². The van der Waals surface area contributed by atoms with Crippen molar-refractivity contribution in [2.75, 3.05) is 18.1 Å². The van der Waals surface area contributed by atoms with Gasteiger partial charge in [-0.05, 0) is 38.0 Å². The van der Waals surface area contributed by atoms with Crippen molar-refractivity contribution in [1.82, 2.24) is 5.32 Å². The van der Waals surface area contributed by atoms with Crippen LogP contribution in [0.4, 0.5) is 10.1 Å². The van der Waals surface area contributed by atoms with Crippen LogP contribution in [0, 0.1) is 5.82 Å². The number of rotatable bonds is 8. The van der Waals surface area contributed by atoms with Crippen molar-refractivity contribution in [3.8, 4) is 0 Å². The fourth-order valence-electron chi connectivity index (χ4n) is 2.11. The number of hydrogen-bond donors (Lipinski definition) is 2. The third-order valence-electron chi connectivity index (χ3n) is 3.22. The van der Waals surface area contributed by atoms with E-state index in [1.165, 1.54) is 0 Å². The molecular formula is C16H27FN2O. The van der Waals surface area contributed by atoms with Crippen molar-refractivity contribution in [2.45, 2.75) is 52.7 Å². The summed E-state index contributed by atoms with van der Waals surface area (Å²) in [5, 5.41) is 12.2. The fourth-order valence-corrected chi connectivity index (χ4v) is 2.11. The summed E-state index contributed by atoms with van der Waals surface area (Å²) < 4.78 is 14.3. The van der Waals surface area contributed by atoms with E-state index in [2.05, 4.69) is 19.2 Å². The van der Waals surface area contributed by atoms with E-state index in [1.54, 1.807) is 6.07 Å². The molecule has 0 spiro atoms. The molecule has 1 aromatic rings. The van der Waals surface area contributed by atoms with Gasteiger partial charge >= 0.3 is 0 Å². The largest absolute Gasteiger partial charge is 0.396 e. The highest BCUT2D eigenvalue weighted by atomic mass is 19.1. The van der Waals surface area contributed by atoms with Crippen molar-refractivity contribution >= 4 is 5.69 Å². The molecule has 0 saturated carbocycles. The zero-order valence-corrected chi connectivity index (χ0v) is 13.0. The minimum atomic E-state index is -0.195. The molecule has 0 aromatic heterocycles. The van der Waals surface area contributed by atoms with Crippen molar-refractivity contribution in [3.63, 3.8) is 0 Å². The Kier molecular flexibility index (Phi) is 6.96. The molecule has 1 rings (SSSR count). The molecule has 1 aromatic carbocycles. The lowest BCUT2D eigenvalue weighted by Gasteiger charge is -2.29. The lowest BCUT2D eigenvalue weighted by molar-refractivity contribution is 0.288. The van der Waals surface area contributed by atoms with E-state index < -0.39 is 0 Å². The highest BCUT2D eigenvalue weighted by Gasteiger charge is 2.14. The quantitative estimate of drug-likeness (QED) is 0.769. The van der Waals surface area contributed by atoms with Crippen LogP contribution in [0.1, 0.15) is 39.7 Å². The third kappa shape index (κ3) is 5.10. The number of nitrogens with one attached hydrogen (secondary N) is 1. The summed E-state index contributed by atoms with van der Waals surface area (Å²) in [6.45, 7) is 9.67. The molecule has 0 atom stereocenters. The second-order valence-electron chi connectivity index (χ2n) is 5.69. The Morgan fingerprint density at radius 1 is 1.25 bits per heavy atom. The summed E-state index contributed by atoms with van der Waals surface area (Å²) in [4.78, 5) is 1.99. The fraction of sp³-hybridized carbons (Fsp3) is 0.625. The molecule has 0 amide bonds. The molecule has 0 bridgehead atoms. The van der Waals surface area contributed by atoms with Crippen LogP contribution in [0.15, 0.2) is 18.2 Å². The molecule has 0 heterocycles. The van der Waals surface area contributed by atoms with E-state index in [-0.39, 0.29) is 18.5 Å². The Balaban J connectivity index is 2.83. The number of aliphatic hydroxyl groups is 1. The Hall–Kier alpha value is -1.13. The van der Waals surface area contributed by atoms with Gasteiger partial charge in [0.25, 0.3) is 0 Å². The zero-order valence-electron chi connectivity index (χ0n) is 13.0. The van der Waals surface area contributed by atoms with E-state index in [0.29, 0.717) is 31.2 Å². The first-order chi connectivity index (χ1) is 9.45. The third-order valence-corrected chi connectivity index (χ3v) is 3.22. The lowest BCUT2D eigenvalue weighted by Crippen LogP contribution is -2.33. The van der Waals surface area contributed by atoms with Gasteiger partial charge in [0.15, 0.2) is 0 Å². The number of halogens is 1. The van der Waals surface area contributed by atoms with Gasteiger partial charge in [-0.15, -0.1) is 0 Å². The molecule has 3 nitrogen and oxygen atoms in total. The number of nitrogens with zero attached hydrogens (tertiary/aromatic N) is 1. The summed E-state index contributed by atoms with van der Waals surface area (Å²) in [7, 11) is 0. The monoisotopic (exact) mass is 282 g/mol. The molecule has 0 unspecified atom stereocenters. The first kappa shape index (κ1) is 16.9. The molecule has 2 N–H and O–H groups in total. The topological polar surface area (TPSA) is 35.5 Å². The SMILES string of the molecule is CC(C)NCc1ccc(N(CCCO)C(C)C)c(F)c1. The molecule has 0 aliphatic carbocycles. The van der Waals surface area contributed by atoms with Gasteiger partial charge in [-0.1, -0.05) is 19.9 Å². The van der Waals surface area contributed by atoms with Crippen LogP contribution in [-0.4, -0.2) is 30.3 Å². The maximum absolute atomic E-state index is 14.3. The maximum atomic E-state index is 14.3. The van der Waals surface area contributed by atoms with Gasteiger partial charge in [0.05, 0.1) is 5.69 Å². The molecule has 4 heteroatoms. The smallest absolute Gasteiger partial charge is 0.146 e. The van der Waals surface area contributed by atoms with E-state index >= 15 is 0 Å². The molecule has 0 saturated heterocycles. The Bertz CT molecular complexity index is 407. The van der Waals surface area contributed by atoms with Crippen LogP contribution in [0.2, 0.25) is 0 Å². The van der Waals surface area contributed by atoms with Gasteiger partial charge in [0, 0.05) is 31.8 Å². The average molecular weight is 282 g/mol. The first-order valence-corrected chi connectivity index (χ1v) is 7.35. The van der Waals surface area contributed by atoms with Gasteiger partial charge in [0.1, 0.15) is 5.82 Å². The van der Waals surface area contributed by atoms with Crippen LogP contribution in [0.25, 0.3) is 0 Å². The van der Waals surface area contributed by atoms with Gasteiger partial charge in [-0.3, -0.25) is 0 Å². The van der Waals surface area contributed by atoms with Gasteiger partial charge in [-0.25, -0.2) is 4.39 Å². The van der Waals surface area contributed by atoms with Gasteiger partial charge < -0.3 is 15.3 Å². The highest BCUT2D eigenvalue weighted by Crippen LogP contribution is 2.23. The second kappa shape index (κ2) is 8.22. The summed E-state index contributed by atoms with van der Waals surface area (Å²) in [6, 6.07) is 5.98. The van der Waals surface area contributed by atoms with Gasteiger partial charge in [0.2, 0.25) is 0 Å². The number of aliphatic hydroxyl groups excluding tert-OH is 1. The summed E-state index contributed by atoms with van der Waals surface area (Å²) >= 11 is 0. The predicted molar refractivity (Wildman–Crippen MR) is 82.6 cm³/mol. The molecule has 114 valence electrons. The molecule has 0 fully saturated rings. The number of hydrogen-bond acceptors (Lipinski definition) is 3. The minimum absolute atomic E-state index is 0.126. The number of anilines is 1. The van der Waals surface area contributed by atoms with Crippen molar-refractivity contribution in [2.24, 2.45) is 0 Å². The summed E-state index contributed by atoms with van der Waals surface area (Å²) in [5.74, 6) is -0.195. The molecular weight excluding hydrogens is 255 g/mol. The second-order valence-corrected chi connectivity index (χ2v) is 5.69. The molecule has 20 heavy (non-hydrogen) atoms. The highest BCUT2D eigenvalue weighted by molar-refractivity contribution is 5.50. The molecule has 0 aliphatic rings. The lowest BCUT2D eigenvalue weighted by atomic mass is 10.1. The van der Waals surface area contributed by atoms with E-state index in [1.807, 2.05) is 30.9 Å². The molecule has 0 radical (unpaired) electrons. The summed E-state index contributed by atoms with van der Waals surface area (Å²) in [5.41, 5.74) is 1.56. The van der Waals surface area contributed by atoms with Crippen LogP contribution >= 0.6 is 0 Å². The predicted octanol–water partition coefficient (Wildman–Crippen LogP) is 2.92. The number of benzene rings is 1. The van der Waals surface area contributed by atoms with E-state index in [0.717, 1.165) is 5.56 Å². The normalized spacial score (nSPS) is 11.4. The van der Waals surface area contributed by atoms with Crippen LogP contribution in [0.5, 0.6) is 0 Å². The van der Waals surface area contributed by atoms with Crippen LogP contribution < -0.4 is 10.2 Å². The van der Waals surface area contributed by atoms with Crippen molar-refractivity contribution in [3.05, 3.63) is 29.6 Å². The zero-order chi connectivity index (χ0) is 15.1. The maximum Gasteiger partial charge on any atom is 0.146 e.